The summed E-state index contributed by atoms with van der Waals surface area (Å²) in [6, 6.07) is 16.9. The number of para-hydroxylation sites is 2. The van der Waals surface area contributed by atoms with Crippen molar-refractivity contribution in [2.75, 3.05) is 23.2 Å². The first-order chi connectivity index (χ1) is 17.4. The maximum Gasteiger partial charge on any atom is 0.355 e. The summed E-state index contributed by atoms with van der Waals surface area (Å²) in [6.45, 7) is 3.30. The molecule has 2 aliphatic heterocycles. The third kappa shape index (κ3) is 4.59. The highest BCUT2D eigenvalue weighted by Gasteiger charge is 2.54. The Bertz CT molecular complexity index is 1140. The monoisotopic (exact) mass is 510 g/mol. The van der Waals surface area contributed by atoms with Gasteiger partial charge in [-0.15, -0.1) is 11.6 Å². The van der Waals surface area contributed by atoms with E-state index in [1.165, 1.54) is 0 Å². The minimum Gasteiger partial charge on any atom is -0.461 e. The Morgan fingerprint density at radius 1 is 0.778 bits per heavy atom. The molecular weight excluding hydrogens is 488 g/mol. The Labute approximate surface area is 212 Å². The molecule has 10 nitrogen and oxygen atoms in total. The minimum absolute atomic E-state index is 0.0384. The van der Waals surface area contributed by atoms with E-state index >= 15 is 0 Å². The van der Waals surface area contributed by atoms with Crippen LogP contribution in [0.5, 0.6) is 0 Å². The molecule has 2 aliphatic rings. The SMILES string of the molecule is CCOC(=O)C1=NN(c2ccccc2)C(=O)[C@H]1C(Cl)[C@H]1C(=O)N(c2ccccc2)N=C1C(=O)OCC. The van der Waals surface area contributed by atoms with Gasteiger partial charge in [-0.25, -0.2) is 9.59 Å². The van der Waals surface area contributed by atoms with E-state index in [4.69, 9.17) is 21.1 Å². The Hall–Kier alpha value is -4.05. The number of benzene rings is 2. The number of carbonyl (C=O) groups is 4. The Balaban J connectivity index is 1.74. The third-order valence-electron chi connectivity index (χ3n) is 5.56. The highest BCUT2D eigenvalue weighted by molar-refractivity contribution is 6.50. The van der Waals surface area contributed by atoms with E-state index in [0.29, 0.717) is 11.4 Å². The molecule has 0 saturated carbocycles. The van der Waals surface area contributed by atoms with E-state index in [-0.39, 0.29) is 24.6 Å². The molecule has 2 aromatic rings. The average molecular weight is 511 g/mol. The minimum atomic E-state index is -1.39. The van der Waals surface area contributed by atoms with Crippen molar-refractivity contribution in [3.8, 4) is 0 Å². The van der Waals surface area contributed by atoms with E-state index in [1.807, 2.05) is 0 Å². The first-order valence-corrected chi connectivity index (χ1v) is 11.8. The molecular formula is C25H23ClN4O6. The normalized spacial score (nSPS) is 20.2. The average Bonchev–Trinajstić information content (AvgIpc) is 3.42. The van der Waals surface area contributed by atoms with Gasteiger partial charge >= 0.3 is 11.9 Å². The number of hydrogen-bond donors (Lipinski definition) is 0. The molecule has 2 amide bonds. The van der Waals surface area contributed by atoms with E-state index in [1.54, 1.807) is 74.5 Å². The number of esters is 2. The lowest BCUT2D eigenvalue weighted by Crippen LogP contribution is -2.46. The Morgan fingerprint density at radius 3 is 1.47 bits per heavy atom. The number of ether oxygens (including phenoxy) is 2. The van der Waals surface area contributed by atoms with E-state index < -0.39 is 41.0 Å². The van der Waals surface area contributed by atoms with E-state index in [0.717, 1.165) is 10.0 Å². The number of carbonyl (C=O) groups excluding carboxylic acids is 4. The number of alkyl halides is 1. The van der Waals surface area contributed by atoms with Crippen molar-refractivity contribution in [2.24, 2.45) is 22.0 Å². The van der Waals surface area contributed by atoms with Gasteiger partial charge in [0.05, 0.1) is 30.0 Å². The molecule has 0 bridgehead atoms. The van der Waals surface area contributed by atoms with Crippen LogP contribution < -0.4 is 10.0 Å². The summed E-state index contributed by atoms with van der Waals surface area (Å²) in [5.74, 6) is -5.73. The van der Waals surface area contributed by atoms with Gasteiger partial charge in [-0.05, 0) is 38.1 Å². The molecule has 36 heavy (non-hydrogen) atoms. The number of hydrazone groups is 2. The predicted molar refractivity (Wildman–Crippen MR) is 133 cm³/mol. The van der Waals surface area contributed by atoms with Crippen molar-refractivity contribution in [1.29, 1.82) is 0 Å². The molecule has 1 unspecified atom stereocenters. The highest BCUT2D eigenvalue weighted by atomic mass is 35.5. The van der Waals surface area contributed by atoms with Crippen molar-refractivity contribution in [3.63, 3.8) is 0 Å². The van der Waals surface area contributed by atoms with Crippen molar-refractivity contribution in [1.82, 2.24) is 0 Å². The largest absolute Gasteiger partial charge is 0.461 e. The van der Waals surface area contributed by atoms with Gasteiger partial charge in [0.15, 0.2) is 11.4 Å². The van der Waals surface area contributed by atoms with Gasteiger partial charge < -0.3 is 9.47 Å². The van der Waals surface area contributed by atoms with Gasteiger partial charge in [-0.1, -0.05) is 36.4 Å². The quantitative estimate of drug-likeness (QED) is 0.398. The van der Waals surface area contributed by atoms with E-state index in [2.05, 4.69) is 10.2 Å². The lowest BCUT2D eigenvalue weighted by molar-refractivity contribution is -0.136. The molecule has 2 aromatic carbocycles. The van der Waals surface area contributed by atoms with E-state index in [9.17, 15) is 19.2 Å². The first-order valence-electron chi connectivity index (χ1n) is 11.3. The van der Waals surface area contributed by atoms with Gasteiger partial charge in [0.1, 0.15) is 11.8 Å². The number of amides is 2. The lowest BCUT2D eigenvalue weighted by atomic mass is 9.86. The summed E-state index contributed by atoms with van der Waals surface area (Å²) in [5, 5.41) is 9.10. The smallest absolute Gasteiger partial charge is 0.355 e. The van der Waals surface area contributed by atoms with Crippen molar-refractivity contribution < 1.29 is 28.7 Å². The second kappa shape index (κ2) is 10.7. The fourth-order valence-corrected chi connectivity index (χ4v) is 4.41. The van der Waals surface area contributed by atoms with Crippen LogP contribution in [0.4, 0.5) is 11.4 Å². The maximum atomic E-state index is 13.5. The van der Waals surface area contributed by atoms with Crippen molar-refractivity contribution >= 4 is 58.2 Å². The van der Waals surface area contributed by atoms with Crippen molar-refractivity contribution in [2.45, 2.75) is 19.2 Å². The van der Waals surface area contributed by atoms with Crippen LogP contribution >= 0.6 is 11.6 Å². The van der Waals surface area contributed by atoms with Gasteiger partial charge in [0, 0.05) is 0 Å². The van der Waals surface area contributed by atoms with Crippen LogP contribution in [0.1, 0.15) is 13.8 Å². The zero-order valence-electron chi connectivity index (χ0n) is 19.5. The molecule has 0 fully saturated rings. The van der Waals surface area contributed by atoms with Gasteiger partial charge in [0.25, 0.3) is 11.8 Å². The zero-order chi connectivity index (χ0) is 25.8. The summed E-state index contributed by atoms with van der Waals surface area (Å²) in [4.78, 5) is 52.6. The van der Waals surface area contributed by atoms with Crippen LogP contribution in [0.3, 0.4) is 0 Å². The van der Waals surface area contributed by atoms with Gasteiger partial charge in [0.2, 0.25) is 0 Å². The maximum absolute atomic E-state index is 13.5. The molecule has 0 saturated heterocycles. The third-order valence-corrected chi connectivity index (χ3v) is 6.07. The number of hydrogen-bond acceptors (Lipinski definition) is 8. The summed E-state index contributed by atoms with van der Waals surface area (Å²) in [7, 11) is 0. The molecule has 0 spiro atoms. The highest BCUT2D eigenvalue weighted by Crippen LogP contribution is 2.36. The Morgan fingerprint density at radius 2 is 1.14 bits per heavy atom. The van der Waals surface area contributed by atoms with Crippen LogP contribution in [-0.2, 0) is 28.7 Å². The summed E-state index contributed by atoms with van der Waals surface area (Å²) >= 11 is 6.79. The molecule has 0 radical (unpaired) electrons. The van der Waals surface area contributed by atoms with Gasteiger partial charge in [-0.2, -0.15) is 20.2 Å². The first kappa shape index (κ1) is 25.1. The van der Waals surface area contributed by atoms with Gasteiger partial charge in [-0.3, -0.25) is 9.59 Å². The molecule has 0 aromatic heterocycles. The molecule has 4 rings (SSSR count). The molecule has 186 valence electrons. The second-order valence-electron chi connectivity index (χ2n) is 7.78. The molecule has 0 N–H and O–H groups in total. The fraction of sp³-hybridized carbons (Fsp3) is 0.280. The van der Waals surface area contributed by atoms with Crippen LogP contribution in [0.2, 0.25) is 0 Å². The molecule has 11 heteroatoms. The van der Waals surface area contributed by atoms with Crippen LogP contribution in [-0.4, -0.2) is 53.8 Å². The van der Waals surface area contributed by atoms with Crippen LogP contribution in [0, 0.1) is 11.8 Å². The van der Waals surface area contributed by atoms with Crippen molar-refractivity contribution in [3.05, 3.63) is 60.7 Å². The number of halogens is 1. The molecule has 2 heterocycles. The van der Waals surface area contributed by atoms with Crippen LogP contribution in [0.15, 0.2) is 70.9 Å². The lowest BCUT2D eigenvalue weighted by Gasteiger charge is -2.23. The number of nitrogens with zero attached hydrogens (tertiary/aromatic N) is 4. The van der Waals surface area contributed by atoms with Crippen LogP contribution in [0.25, 0.3) is 0 Å². The zero-order valence-corrected chi connectivity index (χ0v) is 20.3. The Kier molecular flexibility index (Phi) is 7.44. The molecule has 0 aliphatic carbocycles. The topological polar surface area (TPSA) is 118 Å². The fourth-order valence-electron chi connectivity index (χ4n) is 3.96. The summed E-state index contributed by atoms with van der Waals surface area (Å²) < 4.78 is 10.2. The number of rotatable bonds is 8. The predicted octanol–water partition coefficient (Wildman–Crippen LogP) is 2.76. The summed E-state index contributed by atoms with van der Waals surface area (Å²) in [5.41, 5.74) is 0.275. The molecule has 3 atom stereocenters. The standard InChI is InChI=1S/C25H23ClN4O6/c1-3-35-24(33)20-17(22(31)29(27-20)15-11-7-5-8-12-15)19(26)18-21(25(34)36-4-2)28-30(23(18)32)16-13-9-6-10-14-16/h5-14,17-19H,3-4H2,1-2H3/t17-,18+,19?. The summed E-state index contributed by atoms with van der Waals surface area (Å²) in [6.07, 6.45) is 0. The second-order valence-corrected chi connectivity index (χ2v) is 8.29. The number of anilines is 2.